The molecule has 1 aliphatic rings. The molecule has 0 bridgehead atoms. The monoisotopic (exact) mass is 262 g/mol. The Balaban J connectivity index is 2.16. The lowest BCUT2D eigenvalue weighted by molar-refractivity contribution is -0.125. The SMILES string of the molecule is CC#CC(=O)N1CCc2nc(C(C)CC)sc2C1. The first kappa shape index (κ1) is 13.1. The normalized spacial score (nSPS) is 15.6. The Morgan fingerprint density at radius 2 is 2.39 bits per heavy atom. The molecule has 96 valence electrons. The lowest BCUT2D eigenvalue weighted by atomic mass is 10.1. The molecule has 0 spiro atoms. The first-order chi connectivity index (χ1) is 8.65. The molecule has 0 radical (unpaired) electrons. The standard InChI is InChI=1S/C14H18N2OS/c1-4-6-13(17)16-8-7-11-12(9-16)18-14(15-11)10(3)5-2/h10H,5,7-9H2,1-3H3. The van der Waals surface area contributed by atoms with Crippen molar-refractivity contribution in [2.45, 2.75) is 46.1 Å². The van der Waals surface area contributed by atoms with Crippen LogP contribution in [0.15, 0.2) is 0 Å². The maximum Gasteiger partial charge on any atom is 0.298 e. The second-order valence-electron chi connectivity index (χ2n) is 4.58. The summed E-state index contributed by atoms with van der Waals surface area (Å²) in [5.41, 5.74) is 1.18. The van der Waals surface area contributed by atoms with Crippen molar-refractivity contribution >= 4 is 17.2 Å². The van der Waals surface area contributed by atoms with Crippen molar-refractivity contribution in [3.05, 3.63) is 15.6 Å². The number of nitrogens with zero attached hydrogens (tertiary/aromatic N) is 2. The highest BCUT2D eigenvalue weighted by atomic mass is 32.1. The summed E-state index contributed by atoms with van der Waals surface area (Å²) in [6, 6.07) is 0. The average Bonchev–Trinajstić information content (AvgIpc) is 2.80. The minimum absolute atomic E-state index is 0.0679. The third kappa shape index (κ3) is 2.56. The second-order valence-corrected chi connectivity index (χ2v) is 5.70. The number of fused-ring (bicyclic) bond motifs is 1. The van der Waals surface area contributed by atoms with Gasteiger partial charge in [-0.15, -0.1) is 11.3 Å². The minimum Gasteiger partial charge on any atom is -0.326 e. The van der Waals surface area contributed by atoms with E-state index in [4.69, 9.17) is 4.98 Å². The summed E-state index contributed by atoms with van der Waals surface area (Å²) < 4.78 is 0. The molecule has 1 atom stereocenters. The smallest absolute Gasteiger partial charge is 0.298 e. The summed E-state index contributed by atoms with van der Waals surface area (Å²) in [7, 11) is 0. The van der Waals surface area contributed by atoms with Crippen molar-refractivity contribution in [3.8, 4) is 11.8 Å². The van der Waals surface area contributed by atoms with Crippen molar-refractivity contribution in [1.29, 1.82) is 0 Å². The van der Waals surface area contributed by atoms with E-state index in [9.17, 15) is 4.79 Å². The zero-order valence-corrected chi connectivity index (χ0v) is 11.9. The second kappa shape index (κ2) is 5.53. The highest BCUT2D eigenvalue weighted by molar-refractivity contribution is 7.11. The molecule has 4 heteroatoms. The Bertz CT molecular complexity index is 510. The molecule has 1 aromatic rings. The van der Waals surface area contributed by atoms with Crippen molar-refractivity contribution in [1.82, 2.24) is 9.88 Å². The van der Waals surface area contributed by atoms with E-state index >= 15 is 0 Å². The molecular weight excluding hydrogens is 244 g/mol. The zero-order valence-electron chi connectivity index (χ0n) is 11.1. The number of rotatable bonds is 2. The van der Waals surface area contributed by atoms with Crippen LogP contribution in [0.1, 0.15) is 48.7 Å². The van der Waals surface area contributed by atoms with Gasteiger partial charge in [-0.1, -0.05) is 19.8 Å². The molecule has 0 fully saturated rings. The summed E-state index contributed by atoms with van der Waals surface area (Å²) in [5.74, 6) is 5.72. The molecule has 1 amide bonds. The van der Waals surface area contributed by atoms with Gasteiger partial charge in [0, 0.05) is 23.8 Å². The summed E-state index contributed by atoms with van der Waals surface area (Å²) in [6.07, 6.45) is 1.97. The van der Waals surface area contributed by atoms with Gasteiger partial charge in [0.2, 0.25) is 0 Å². The molecule has 1 unspecified atom stereocenters. The molecule has 0 saturated heterocycles. The third-order valence-corrected chi connectivity index (χ3v) is 4.61. The van der Waals surface area contributed by atoms with E-state index in [1.165, 1.54) is 15.6 Å². The molecule has 18 heavy (non-hydrogen) atoms. The fourth-order valence-electron chi connectivity index (χ4n) is 1.96. The van der Waals surface area contributed by atoms with Crippen molar-refractivity contribution in [3.63, 3.8) is 0 Å². The van der Waals surface area contributed by atoms with Crippen molar-refractivity contribution < 1.29 is 4.79 Å². The van der Waals surface area contributed by atoms with Gasteiger partial charge in [-0.25, -0.2) is 4.98 Å². The number of carbonyl (C=O) groups excluding carboxylic acids is 1. The Morgan fingerprint density at radius 3 is 3.06 bits per heavy atom. The summed E-state index contributed by atoms with van der Waals surface area (Å²) in [6.45, 7) is 7.50. The highest BCUT2D eigenvalue weighted by Crippen LogP contribution is 2.30. The average molecular weight is 262 g/mol. The topological polar surface area (TPSA) is 33.2 Å². The molecule has 1 aliphatic heterocycles. The largest absolute Gasteiger partial charge is 0.326 e. The Labute approximate surface area is 112 Å². The predicted molar refractivity (Wildman–Crippen MR) is 73.4 cm³/mol. The van der Waals surface area contributed by atoms with Gasteiger partial charge in [0.15, 0.2) is 0 Å². The van der Waals surface area contributed by atoms with E-state index < -0.39 is 0 Å². The molecule has 3 nitrogen and oxygen atoms in total. The van der Waals surface area contributed by atoms with E-state index in [0.29, 0.717) is 12.5 Å². The van der Waals surface area contributed by atoms with Gasteiger partial charge in [0.05, 0.1) is 17.2 Å². The fraction of sp³-hybridized carbons (Fsp3) is 0.571. The van der Waals surface area contributed by atoms with Crippen LogP contribution in [0, 0.1) is 11.8 Å². The first-order valence-corrected chi connectivity index (χ1v) is 7.17. The van der Waals surface area contributed by atoms with E-state index in [0.717, 1.165) is 19.4 Å². The number of thiazole rings is 1. The fourth-order valence-corrected chi connectivity index (χ4v) is 3.22. The van der Waals surface area contributed by atoms with Crippen LogP contribution in [0.25, 0.3) is 0 Å². The number of carbonyl (C=O) groups is 1. The van der Waals surface area contributed by atoms with Gasteiger partial charge in [-0.05, 0) is 19.3 Å². The summed E-state index contributed by atoms with van der Waals surface area (Å²) >= 11 is 1.75. The Hall–Kier alpha value is -1.34. The highest BCUT2D eigenvalue weighted by Gasteiger charge is 2.24. The summed E-state index contributed by atoms with van der Waals surface area (Å²) in [4.78, 5) is 19.5. The van der Waals surface area contributed by atoms with Gasteiger partial charge in [0.1, 0.15) is 0 Å². The third-order valence-electron chi connectivity index (χ3n) is 3.30. The van der Waals surface area contributed by atoms with Gasteiger partial charge in [0.25, 0.3) is 5.91 Å². The molecule has 2 heterocycles. The molecule has 0 N–H and O–H groups in total. The van der Waals surface area contributed by atoms with Crippen LogP contribution in [-0.2, 0) is 17.8 Å². The molecule has 0 aromatic carbocycles. The zero-order chi connectivity index (χ0) is 13.1. The summed E-state index contributed by atoms with van der Waals surface area (Å²) in [5, 5.41) is 1.21. The molecule has 0 aliphatic carbocycles. The van der Waals surface area contributed by atoms with Crippen molar-refractivity contribution in [2.75, 3.05) is 6.54 Å². The molecule has 2 rings (SSSR count). The van der Waals surface area contributed by atoms with Crippen LogP contribution in [0.2, 0.25) is 0 Å². The van der Waals surface area contributed by atoms with Gasteiger partial charge < -0.3 is 4.90 Å². The lowest BCUT2D eigenvalue weighted by Gasteiger charge is -2.23. The lowest BCUT2D eigenvalue weighted by Crippen LogP contribution is -2.34. The molecule has 1 aromatic heterocycles. The quantitative estimate of drug-likeness (QED) is 0.767. The van der Waals surface area contributed by atoms with Crippen LogP contribution in [0.4, 0.5) is 0 Å². The molecular formula is C14H18N2OS. The number of hydrogen-bond donors (Lipinski definition) is 0. The van der Waals surface area contributed by atoms with E-state index in [1.54, 1.807) is 18.3 Å². The number of amides is 1. The number of aromatic nitrogens is 1. The molecule has 0 saturated carbocycles. The van der Waals surface area contributed by atoms with Gasteiger partial charge >= 0.3 is 0 Å². The number of hydrogen-bond acceptors (Lipinski definition) is 3. The van der Waals surface area contributed by atoms with Crippen LogP contribution in [-0.4, -0.2) is 22.3 Å². The van der Waals surface area contributed by atoms with E-state index in [2.05, 4.69) is 25.7 Å². The maximum atomic E-state index is 11.7. The van der Waals surface area contributed by atoms with E-state index in [-0.39, 0.29) is 5.91 Å². The Morgan fingerprint density at radius 1 is 1.61 bits per heavy atom. The Kier molecular flexibility index (Phi) is 4.03. The van der Waals surface area contributed by atoms with Gasteiger partial charge in [-0.3, -0.25) is 4.79 Å². The van der Waals surface area contributed by atoms with Crippen LogP contribution in [0.3, 0.4) is 0 Å². The minimum atomic E-state index is -0.0679. The van der Waals surface area contributed by atoms with Gasteiger partial charge in [-0.2, -0.15) is 0 Å². The van der Waals surface area contributed by atoms with E-state index in [1.807, 2.05) is 4.90 Å². The predicted octanol–water partition coefficient (Wildman–Crippen LogP) is 2.56. The van der Waals surface area contributed by atoms with Crippen LogP contribution < -0.4 is 0 Å². The van der Waals surface area contributed by atoms with Crippen LogP contribution >= 0.6 is 11.3 Å². The van der Waals surface area contributed by atoms with Crippen molar-refractivity contribution in [2.24, 2.45) is 0 Å². The van der Waals surface area contributed by atoms with Crippen LogP contribution in [0.5, 0.6) is 0 Å². The first-order valence-electron chi connectivity index (χ1n) is 6.35. The maximum absolute atomic E-state index is 11.7.